The molecule has 0 spiro atoms. The van der Waals surface area contributed by atoms with Crippen LogP contribution in [0.1, 0.15) is 12.5 Å². The zero-order chi connectivity index (χ0) is 15.5. The number of ether oxygens (including phenoxy) is 1. The number of nitrogens with zero attached hydrogens (tertiary/aromatic N) is 1. The average Bonchev–Trinajstić information content (AvgIpc) is 2.95. The quantitative estimate of drug-likeness (QED) is 0.841. The molecule has 1 aromatic carbocycles. The molecule has 22 heavy (non-hydrogen) atoms. The van der Waals surface area contributed by atoms with Crippen LogP contribution in [0.3, 0.4) is 0 Å². The van der Waals surface area contributed by atoms with Gasteiger partial charge in [0, 0.05) is 49.2 Å². The van der Waals surface area contributed by atoms with Crippen molar-refractivity contribution in [1.29, 1.82) is 0 Å². The third kappa shape index (κ3) is 3.00. The summed E-state index contributed by atoms with van der Waals surface area (Å²) in [6.07, 6.45) is 2.68. The number of aromatic nitrogens is 1. The maximum absolute atomic E-state index is 12.3. The summed E-state index contributed by atoms with van der Waals surface area (Å²) in [6.45, 7) is 4.78. The van der Waals surface area contributed by atoms with Crippen LogP contribution >= 0.6 is 0 Å². The van der Waals surface area contributed by atoms with Crippen molar-refractivity contribution >= 4 is 16.9 Å². The molecule has 1 fully saturated rings. The molecule has 5 heteroatoms. The Morgan fingerprint density at radius 1 is 1.45 bits per heavy atom. The van der Waals surface area contributed by atoms with E-state index in [0.717, 1.165) is 30.7 Å². The summed E-state index contributed by atoms with van der Waals surface area (Å²) in [4.78, 5) is 17.8. The number of aromatic amines is 1. The Morgan fingerprint density at radius 2 is 2.27 bits per heavy atom. The number of hydrogen-bond acceptors (Lipinski definition) is 4. The van der Waals surface area contributed by atoms with E-state index in [1.165, 1.54) is 12.5 Å². The van der Waals surface area contributed by atoms with Crippen molar-refractivity contribution in [1.82, 2.24) is 15.2 Å². The monoisotopic (exact) mass is 301 g/mol. The number of rotatable bonds is 4. The smallest absolute Gasteiger partial charge is 0.323 e. The molecule has 1 aliphatic heterocycles. The normalized spacial score (nSPS) is 20.9. The lowest BCUT2D eigenvalue weighted by molar-refractivity contribution is -0.147. The van der Waals surface area contributed by atoms with Crippen LogP contribution in [0.25, 0.3) is 10.9 Å². The molecule has 2 N–H and O–H groups in total. The first-order valence-corrected chi connectivity index (χ1v) is 7.79. The Kier molecular flexibility index (Phi) is 4.45. The number of hydrogen-bond donors (Lipinski definition) is 2. The van der Waals surface area contributed by atoms with Gasteiger partial charge in [-0.05, 0) is 18.6 Å². The summed E-state index contributed by atoms with van der Waals surface area (Å²) in [5.74, 6) is -0.153. The van der Waals surface area contributed by atoms with E-state index in [-0.39, 0.29) is 12.0 Å². The van der Waals surface area contributed by atoms with E-state index in [1.807, 2.05) is 18.3 Å². The predicted octanol–water partition coefficient (Wildman–Crippen LogP) is 1.55. The molecule has 2 aromatic rings. The number of carbonyl (C=O) groups is 1. The van der Waals surface area contributed by atoms with Crippen molar-refractivity contribution in [2.45, 2.75) is 25.4 Å². The van der Waals surface area contributed by atoms with Gasteiger partial charge in [0.1, 0.15) is 6.04 Å². The first-order valence-electron chi connectivity index (χ1n) is 7.79. The van der Waals surface area contributed by atoms with Gasteiger partial charge in [-0.25, -0.2) is 0 Å². The van der Waals surface area contributed by atoms with Crippen LogP contribution in [-0.4, -0.2) is 54.7 Å². The molecule has 0 amide bonds. The van der Waals surface area contributed by atoms with Gasteiger partial charge in [-0.3, -0.25) is 9.69 Å². The van der Waals surface area contributed by atoms with Crippen molar-refractivity contribution in [3.05, 3.63) is 36.0 Å². The van der Waals surface area contributed by atoms with Gasteiger partial charge in [-0.15, -0.1) is 0 Å². The molecule has 0 unspecified atom stereocenters. The fourth-order valence-corrected chi connectivity index (χ4v) is 3.25. The minimum absolute atomic E-state index is 0.153. The van der Waals surface area contributed by atoms with E-state index in [9.17, 15) is 4.79 Å². The number of esters is 1. The lowest BCUT2D eigenvalue weighted by Crippen LogP contribution is -2.55. The van der Waals surface area contributed by atoms with Gasteiger partial charge >= 0.3 is 5.97 Å². The van der Waals surface area contributed by atoms with Crippen LogP contribution in [0.4, 0.5) is 0 Å². The molecule has 2 heterocycles. The van der Waals surface area contributed by atoms with Crippen LogP contribution < -0.4 is 5.32 Å². The number of piperazine rings is 1. The van der Waals surface area contributed by atoms with E-state index >= 15 is 0 Å². The lowest BCUT2D eigenvalue weighted by Gasteiger charge is -2.36. The van der Waals surface area contributed by atoms with Crippen LogP contribution in [-0.2, 0) is 16.0 Å². The SMILES string of the molecule is COC(=O)[C@H](Cc1c[nH]c2ccccc12)N1CCN[C@@H](C)C1. The summed E-state index contributed by atoms with van der Waals surface area (Å²) in [7, 11) is 1.47. The van der Waals surface area contributed by atoms with Gasteiger partial charge in [-0.2, -0.15) is 0 Å². The van der Waals surface area contributed by atoms with Crippen molar-refractivity contribution in [2.24, 2.45) is 0 Å². The summed E-state index contributed by atoms with van der Waals surface area (Å²) in [5, 5.41) is 4.59. The first kappa shape index (κ1) is 15.1. The summed E-state index contributed by atoms with van der Waals surface area (Å²) >= 11 is 0. The first-order chi connectivity index (χ1) is 10.7. The van der Waals surface area contributed by atoms with Crippen LogP contribution in [0.5, 0.6) is 0 Å². The topological polar surface area (TPSA) is 57.4 Å². The highest BCUT2D eigenvalue weighted by Gasteiger charge is 2.30. The second-order valence-electron chi connectivity index (χ2n) is 5.95. The molecule has 0 aliphatic carbocycles. The Bertz CT molecular complexity index is 652. The van der Waals surface area contributed by atoms with Gasteiger partial charge in [0.05, 0.1) is 7.11 Å². The number of methoxy groups -OCH3 is 1. The van der Waals surface area contributed by atoms with Gasteiger partial charge in [0.15, 0.2) is 0 Å². The van der Waals surface area contributed by atoms with E-state index < -0.39 is 0 Å². The van der Waals surface area contributed by atoms with Crippen molar-refractivity contribution in [3.63, 3.8) is 0 Å². The number of fused-ring (bicyclic) bond motifs is 1. The lowest BCUT2D eigenvalue weighted by atomic mass is 10.0. The van der Waals surface area contributed by atoms with Gasteiger partial charge in [-0.1, -0.05) is 18.2 Å². The molecule has 0 radical (unpaired) electrons. The standard InChI is InChI=1S/C17H23N3O2/c1-12-11-20(8-7-18-12)16(17(21)22-2)9-13-10-19-15-6-4-3-5-14(13)15/h3-6,10,12,16,18-19H,7-9,11H2,1-2H3/t12-,16-/m0/s1. The second-order valence-corrected chi connectivity index (χ2v) is 5.95. The molecule has 1 aromatic heterocycles. The molecule has 5 nitrogen and oxygen atoms in total. The largest absolute Gasteiger partial charge is 0.468 e. The molecule has 1 aliphatic rings. The molecule has 0 bridgehead atoms. The average molecular weight is 301 g/mol. The third-order valence-electron chi connectivity index (χ3n) is 4.40. The van der Waals surface area contributed by atoms with Gasteiger partial charge in [0.25, 0.3) is 0 Å². The minimum Gasteiger partial charge on any atom is -0.468 e. The van der Waals surface area contributed by atoms with E-state index in [2.05, 4.69) is 34.3 Å². The maximum atomic E-state index is 12.3. The third-order valence-corrected chi connectivity index (χ3v) is 4.40. The number of carbonyl (C=O) groups excluding carboxylic acids is 1. The highest BCUT2D eigenvalue weighted by Crippen LogP contribution is 2.21. The molecule has 3 rings (SSSR count). The van der Waals surface area contributed by atoms with Crippen molar-refractivity contribution in [3.8, 4) is 0 Å². The number of para-hydroxylation sites is 1. The molecular weight excluding hydrogens is 278 g/mol. The summed E-state index contributed by atoms with van der Waals surface area (Å²) in [6, 6.07) is 8.35. The van der Waals surface area contributed by atoms with Gasteiger partial charge in [0.2, 0.25) is 0 Å². The fraction of sp³-hybridized carbons (Fsp3) is 0.471. The Labute approximate surface area is 130 Å². The highest BCUT2D eigenvalue weighted by atomic mass is 16.5. The van der Waals surface area contributed by atoms with E-state index in [4.69, 9.17) is 4.74 Å². The molecule has 2 atom stereocenters. The highest BCUT2D eigenvalue weighted by molar-refractivity contribution is 5.84. The molecule has 1 saturated heterocycles. The summed E-state index contributed by atoms with van der Waals surface area (Å²) < 4.78 is 5.05. The zero-order valence-corrected chi connectivity index (χ0v) is 13.1. The fourth-order valence-electron chi connectivity index (χ4n) is 3.25. The van der Waals surface area contributed by atoms with Crippen molar-refractivity contribution < 1.29 is 9.53 Å². The number of nitrogens with one attached hydrogen (secondary N) is 2. The van der Waals surface area contributed by atoms with Gasteiger partial charge < -0.3 is 15.0 Å². The van der Waals surface area contributed by atoms with Crippen LogP contribution in [0, 0.1) is 0 Å². The molecular formula is C17H23N3O2. The summed E-state index contributed by atoms with van der Waals surface area (Å²) in [5.41, 5.74) is 2.27. The predicted molar refractivity (Wildman–Crippen MR) is 86.8 cm³/mol. The van der Waals surface area contributed by atoms with Crippen LogP contribution in [0.2, 0.25) is 0 Å². The number of benzene rings is 1. The van der Waals surface area contributed by atoms with E-state index in [1.54, 1.807) is 0 Å². The Morgan fingerprint density at radius 3 is 3.05 bits per heavy atom. The molecule has 118 valence electrons. The Balaban J connectivity index is 1.85. The molecule has 0 saturated carbocycles. The zero-order valence-electron chi connectivity index (χ0n) is 13.1. The van der Waals surface area contributed by atoms with Crippen molar-refractivity contribution in [2.75, 3.05) is 26.7 Å². The van der Waals surface area contributed by atoms with E-state index in [0.29, 0.717) is 12.5 Å². The maximum Gasteiger partial charge on any atom is 0.323 e. The Hall–Kier alpha value is -1.85. The second kappa shape index (κ2) is 6.50. The van der Waals surface area contributed by atoms with Crippen LogP contribution in [0.15, 0.2) is 30.5 Å². The number of H-pyrrole nitrogens is 1. The minimum atomic E-state index is -0.228.